The van der Waals surface area contributed by atoms with Crippen LogP contribution in [0.1, 0.15) is 27.6 Å². The van der Waals surface area contributed by atoms with Gasteiger partial charge in [0.2, 0.25) is 0 Å². The van der Waals surface area contributed by atoms with E-state index in [-0.39, 0.29) is 28.4 Å². The average Bonchev–Trinajstić information content (AvgIpc) is 2.36. The van der Waals surface area contributed by atoms with Gasteiger partial charge in [-0.25, -0.2) is 0 Å². The van der Waals surface area contributed by atoms with Crippen molar-refractivity contribution in [3.63, 3.8) is 0 Å². The summed E-state index contributed by atoms with van der Waals surface area (Å²) in [6.07, 6.45) is -0.858. The highest BCUT2D eigenvalue weighted by Crippen LogP contribution is 2.38. The molecule has 1 aliphatic carbocycles. The molecule has 0 bridgehead atoms. The monoisotopic (exact) mass is 250 g/mol. The Morgan fingerprint density at radius 1 is 1.17 bits per heavy atom. The third kappa shape index (κ3) is 1.59. The molecule has 2 atom stereocenters. The number of Topliss-reactive ketones (excluding diaryl/α,β-unsaturated/α-hetero) is 2. The molecule has 0 aliphatic heterocycles. The van der Waals surface area contributed by atoms with E-state index < -0.39 is 17.8 Å². The summed E-state index contributed by atoms with van der Waals surface area (Å²) in [5.41, 5.74) is 0.211. The molecule has 0 saturated carbocycles. The quantitative estimate of drug-likeness (QED) is 0.859. The van der Waals surface area contributed by atoms with Crippen LogP contribution in [-0.4, -0.2) is 37.0 Å². The van der Waals surface area contributed by atoms with Crippen LogP contribution in [0, 0.1) is 5.92 Å². The van der Waals surface area contributed by atoms with Crippen LogP contribution < -0.4 is 4.74 Å². The van der Waals surface area contributed by atoms with E-state index in [2.05, 4.69) is 0 Å². The number of hydrogen-bond donors (Lipinski definition) is 1. The fraction of sp³-hybridized carbons (Fsp3) is 0.385. The molecule has 1 aromatic carbocycles. The Hall–Kier alpha value is -1.88. The Kier molecular flexibility index (Phi) is 3.09. The molecule has 0 amide bonds. The number of ether oxygens (including phenoxy) is 2. The smallest absolute Gasteiger partial charge is 0.196 e. The fourth-order valence-corrected chi connectivity index (χ4v) is 2.25. The minimum Gasteiger partial charge on any atom is -0.504 e. The number of fused-ring (bicyclic) bond motifs is 1. The number of aromatic hydroxyl groups is 1. The van der Waals surface area contributed by atoms with Gasteiger partial charge in [0.25, 0.3) is 0 Å². The van der Waals surface area contributed by atoms with Crippen molar-refractivity contribution < 1.29 is 24.2 Å². The van der Waals surface area contributed by atoms with Crippen LogP contribution in [-0.2, 0) is 4.74 Å². The van der Waals surface area contributed by atoms with Gasteiger partial charge in [-0.1, -0.05) is 6.92 Å². The second-order valence-electron chi connectivity index (χ2n) is 4.21. The first kappa shape index (κ1) is 12.6. The molecule has 0 fully saturated rings. The zero-order chi connectivity index (χ0) is 13.4. The van der Waals surface area contributed by atoms with Gasteiger partial charge in [-0.3, -0.25) is 9.59 Å². The van der Waals surface area contributed by atoms with Crippen LogP contribution in [0.25, 0.3) is 0 Å². The number of ketones is 2. The van der Waals surface area contributed by atoms with E-state index in [1.54, 1.807) is 6.92 Å². The van der Waals surface area contributed by atoms with Crippen LogP contribution in [0.2, 0.25) is 0 Å². The molecule has 2 rings (SSSR count). The first-order valence-corrected chi connectivity index (χ1v) is 5.54. The summed E-state index contributed by atoms with van der Waals surface area (Å²) < 4.78 is 9.99. The molecule has 0 aromatic heterocycles. The number of hydrogen-bond acceptors (Lipinski definition) is 5. The summed E-state index contributed by atoms with van der Waals surface area (Å²) >= 11 is 0. The maximum Gasteiger partial charge on any atom is 0.196 e. The molecule has 18 heavy (non-hydrogen) atoms. The number of phenolic OH excluding ortho intramolecular Hbond substituents is 1. The molecule has 1 N–H and O–H groups in total. The second kappa shape index (κ2) is 4.42. The van der Waals surface area contributed by atoms with Gasteiger partial charge in [0.15, 0.2) is 23.1 Å². The number of benzene rings is 1. The van der Waals surface area contributed by atoms with Gasteiger partial charge in [-0.2, -0.15) is 0 Å². The molecular formula is C13H14O5. The third-order valence-electron chi connectivity index (χ3n) is 3.25. The lowest BCUT2D eigenvalue weighted by atomic mass is 9.80. The van der Waals surface area contributed by atoms with Crippen LogP contribution in [0.3, 0.4) is 0 Å². The van der Waals surface area contributed by atoms with Crippen molar-refractivity contribution in [3.05, 3.63) is 23.3 Å². The van der Waals surface area contributed by atoms with Crippen molar-refractivity contribution in [2.75, 3.05) is 14.2 Å². The topological polar surface area (TPSA) is 72.8 Å². The van der Waals surface area contributed by atoms with Gasteiger partial charge in [-0.15, -0.1) is 0 Å². The maximum atomic E-state index is 12.2. The van der Waals surface area contributed by atoms with E-state index in [0.717, 1.165) is 0 Å². The van der Waals surface area contributed by atoms with Crippen LogP contribution in [0.15, 0.2) is 12.1 Å². The molecule has 0 radical (unpaired) electrons. The zero-order valence-corrected chi connectivity index (χ0v) is 10.4. The number of methoxy groups -OCH3 is 2. The van der Waals surface area contributed by atoms with E-state index in [9.17, 15) is 14.7 Å². The molecule has 0 saturated heterocycles. The molecular weight excluding hydrogens is 236 g/mol. The van der Waals surface area contributed by atoms with E-state index in [0.29, 0.717) is 0 Å². The van der Waals surface area contributed by atoms with Crippen molar-refractivity contribution in [2.45, 2.75) is 13.0 Å². The molecule has 5 heteroatoms. The number of carbonyl (C=O) groups is 2. The fourth-order valence-electron chi connectivity index (χ4n) is 2.25. The molecule has 96 valence electrons. The molecule has 0 spiro atoms. The first-order chi connectivity index (χ1) is 8.52. The predicted octanol–water partition coefficient (Wildman–Crippen LogP) is 1.43. The van der Waals surface area contributed by atoms with E-state index in [1.807, 2.05) is 0 Å². The summed E-state index contributed by atoms with van der Waals surface area (Å²) in [6.45, 7) is 1.64. The van der Waals surface area contributed by atoms with Crippen molar-refractivity contribution >= 4 is 11.6 Å². The summed E-state index contributed by atoms with van der Waals surface area (Å²) in [4.78, 5) is 24.3. The molecule has 1 aromatic rings. The van der Waals surface area contributed by atoms with Crippen LogP contribution in [0.5, 0.6) is 11.5 Å². The predicted molar refractivity (Wildman–Crippen MR) is 63.3 cm³/mol. The lowest BCUT2D eigenvalue weighted by Crippen LogP contribution is -2.40. The van der Waals surface area contributed by atoms with Gasteiger partial charge in [0.1, 0.15) is 6.10 Å². The number of carbonyl (C=O) groups excluding carboxylic acids is 2. The van der Waals surface area contributed by atoms with Gasteiger partial charge in [0, 0.05) is 12.7 Å². The van der Waals surface area contributed by atoms with Crippen LogP contribution >= 0.6 is 0 Å². The minimum atomic E-state index is -0.858. The minimum absolute atomic E-state index is 0.00991. The van der Waals surface area contributed by atoms with E-state index >= 15 is 0 Å². The Bertz CT molecular complexity index is 520. The average molecular weight is 250 g/mol. The van der Waals surface area contributed by atoms with Gasteiger partial charge in [-0.05, 0) is 12.1 Å². The maximum absolute atomic E-state index is 12.2. The highest BCUT2D eigenvalue weighted by Gasteiger charge is 2.41. The Labute approximate surface area is 104 Å². The lowest BCUT2D eigenvalue weighted by molar-refractivity contribution is 0.0362. The number of phenols is 1. The van der Waals surface area contributed by atoms with Gasteiger partial charge in [0.05, 0.1) is 18.6 Å². The summed E-state index contributed by atoms with van der Waals surface area (Å²) in [6, 6.07) is 2.97. The summed E-state index contributed by atoms with van der Waals surface area (Å²) in [7, 11) is 2.75. The van der Waals surface area contributed by atoms with Crippen molar-refractivity contribution in [1.29, 1.82) is 0 Å². The van der Waals surface area contributed by atoms with E-state index in [4.69, 9.17) is 9.47 Å². The first-order valence-electron chi connectivity index (χ1n) is 5.54. The largest absolute Gasteiger partial charge is 0.504 e. The molecule has 2 unspecified atom stereocenters. The van der Waals surface area contributed by atoms with Crippen molar-refractivity contribution in [3.8, 4) is 11.5 Å². The van der Waals surface area contributed by atoms with Crippen molar-refractivity contribution in [1.82, 2.24) is 0 Å². The third-order valence-corrected chi connectivity index (χ3v) is 3.25. The summed E-state index contributed by atoms with van der Waals surface area (Å²) in [5.74, 6) is -1.30. The Morgan fingerprint density at radius 3 is 2.39 bits per heavy atom. The second-order valence-corrected chi connectivity index (χ2v) is 4.21. The highest BCUT2D eigenvalue weighted by molar-refractivity contribution is 6.18. The Balaban J connectivity index is 2.67. The highest BCUT2D eigenvalue weighted by atomic mass is 16.5. The van der Waals surface area contributed by atoms with E-state index in [1.165, 1.54) is 26.4 Å². The van der Waals surface area contributed by atoms with Crippen LogP contribution in [0.4, 0.5) is 0 Å². The van der Waals surface area contributed by atoms with Gasteiger partial charge >= 0.3 is 0 Å². The Morgan fingerprint density at radius 2 is 1.83 bits per heavy atom. The van der Waals surface area contributed by atoms with Crippen molar-refractivity contribution in [2.24, 2.45) is 5.92 Å². The lowest BCUT2D eigenvalue weighted by Gasteiger charge is -2.27. The SMILES string of the molecule is COc1ccc2c(c1O)C(=O)C(OC)C(C)C2=O. The summed E-state index contributed by atoms with van der Waals surface area (Å²) in [5, 5.41) is 9.97. The molecule has 5 nitrogen and oxygen atoms in total. The van der Waals surface area contributed by atoms with Gasteiger partial charge < -0.3 is 14.6 Å². The molecule has 0 heterocycles. The zero-order valence-electron chi connectivity index (χ0n) is 10.4. The molecule has 1 aliphatic rings. The normalized spacial score (nSPS) is 22.8. The number of rotatable bonds is 2. The standard InChI is InChI=1S/C13H14O5/c1-6-10(14)7-4-5-8(17-2)11(15)9(7)12(16)13(6)18-3/h4-6,13,15H,1-3H3.